The Morgan fingerprint density at radius 3 is 2.62 bits per heavy atom. The van der Waals surface area contributed by atoms with Crippen molar-refractivity contribution in [2.75, 3.05) is 28.7 Å². The minimum atomic E-state index is -4.77. The number of hydrogen-bond donors (Lipinski definition) is 1. The fourth-order valence-electron chi connectivity index (χ4n) is 3.16. The van der Waals surface area contributed by atoms with Crippen LogP contribution in [0.25, 0.3) is 0 Å². The fraction of sp³-hybridized carbons (Fsp3) is 0.316. The number of nitrogens with zero attached hydrogens (tertiary/aromatic N) is 3. The lowest BCUT2D eigenvalue weighted by atomic mass is 10.1. The van der Waals surface area contributed by atoms with Crippen molar-refractivity contribution in [2.45, 2.75) is 25.7 Å². The average Bonchev–Trinajstić information content (AvgIpc) is 2.67. The Hall–Kier alpha value is -3.30. The number of rotatable bonds is 5. The summed E-state index contributed by atoms with van der Waals surface area (Å²) in [6.45, 7) is 1.65. The highest BCUT2D eigenvalue weighted by atomic mass is 19.4. The first kappa shape index (κ1) is 20.4. The summed E-state index contributed by atoms with van der Waals surface area (Å²) in [4.78, 5) is 32.4. The van der Waals surface area contributed by atoms with Crippen LogP contribution in [-0.2, 0) is 9.59 Å². The quantitative estimate of drug-likeness (QED) is 0.823. The van der Waals surface area contributed by atoms with Crippen molar-refractivity contribution < 1.29 is 27.5 Å². The maximum absolute atomic E-state index is 13.2. The third-order valence-corrected chi connectivity index (χ3v) is 4.50. The molecule has 3 rings (SSSR count). The molecule has 0 aliphatic carbocycles. The van der Waals surface area contributed by atoms with Gasteiger partial charge in [-0.2, -0.15) is 0 Å². The molecule has 1 atom stereocenters. The summed E-state index contributed by atoms with van der Waals surface area (Å²) >= 11 is 0. The lowest BCUT2D eigenvalue weighted by molar-refractivity contribution is -0.274. The monoisotopic (exact) mass is 408 g/mol. The van der Waals surface area contributed by atoms with Crippen LogP contribution in [0.1, 0.15) is 13.3 Å². The van der Waals surface area contributed by atoms with Crippen molar-refractivity contribution in [1.82, 2.24) is 4.98 Å². The molecule has 2 aromatic rings. The standard InChI is InChI=1S/C19H19F3N4O3/c1-3-15(25(2)12-6-8-13(9-7-12)29-19(20,21)22)18(28)26-11-16(27)24-14-5-4-10-23-17(14)26/h4-10,15H,3,11H2,1-2H3,(H,24,27). The van der Waals surface area contributed by atoms with Crippen LogP contribution >= 0.6 is 0 Å². The molecule has 1 aromatic carbocycles. The van der Waals surface area contributed by atoms with E-state index in [2.05, 4.69) is 15.0 Å². The van der Waals surface area contributed by atoms with Crippen LogP contribution < -0.4 is 19.9 Å². The number of carbonyl (C=O) groups is 2. The fourth-order valence-corrected chi connectivity index (χ4v) is 3.16. The third kappa shape index (κ3) is 4.58. The molecule has 0 saturated heterocycles. The van der Waals surface area contributed by atoms with Gasteiger partial charge in [0.25, 0.3) is 5.91 Å². The number of amides is 2. The van der Waals surface area contributed by atoms with Gasteiger partial charge in [0, 0.05) is 18.9 Å². The molecule has 0 spiro atoms. The summed E-state index contributed by atoms with van der Waals surface area (Å²) in [5, 5.41) is 2.67. The summed E-state index contributed by atoms with van der Waals surface area (Å²) < 4.78 is 40.8. The molecule has 1 N–H and O–H groups in total. The second-order valence-corrected chi connectivity index (χ2v) is 6.42. The Kier molecular flexibility index (Phi) is 5.62. The largest absolute Gasteiger partial charge is 0.573 e. The second-order valence-electron chi connectivity index (χ2n) is 6.42. The number of hydrogen-bond acceptors (Lipinski definition) is 5. The first-order valence-electron chi connectivity index (χ1n) is 8.84. The molecular formula is C19H19F3N4O3. The second kappa shape index (κ2) is 7.98. The molecule has 1 aliphatic heterocycles. The normalized spacial score (nSPS) is 14.7. The first-order chi connectivity index (χ1) is 13.7. The van der Waals surface area contributed by atoms with Crippen LogP contribution in [0.2, 0.25) is 0 Å². The van der Waals surface area contributed by atoms with Crippen molar-refractivity contribution >= 4 is 29.0 Å². The molecule has 0 bridgehead atoms. The zero-order valence-corrected chi connectivity index (χ0v) is 15.7. The number of alkyl halides is 3. The van der Waals surface area contributed by atoms with Gasteiger partial charge in [-0.25, -0.2) is 4.98 Å². The van der Waals surface area contributed by atoms with Gasteiger partial charge in [-0.3, -0.25) is 14.5 Å². The number of aromatic nitrogens is 1. The number of benzene rings is 1. The number of likely N-dealkylation sites (N-methyl/N-ethyl adjacent to an activating group) is 1. The number of nitrogens with one attached hydrogen (secondary N) is 1. The molecule has 1 unspecified atom stereocenters. The zero-order valence-electron chi connectivity index (χ0n) is 15.7. The Labute approximate surface area is 165 Å². The van der Waals surface area contributed by atoms with Crippen LogP contribution in [0.3, 0.4) is 0 Å². The predicted molar refractivity (Wildman–Crippen MR) is 101 cm³/mol. The van der Waals surface area contributed by atoms with Crippen molar-refractivity contribution in [3.8, 4) is 5.75 Å². The van der Waals surface area contributed by atoms with E-state index in [1.165, 1.54) is 35.4 Å². The topological polar surface area (TPSA) is 74.8 Å². The molecule has 7 nitrogen and oxygen atoms in total. The van der Waals surface area contributed by atoms with E-state index in [1.54, 1.807) is 24.1 Å². The van der Waals surface area contributed by atoms with Crippen LogP contribution in [0.4, 0.5) is 30.4 Å². The van der Waals surface area contributed by atoms with E-state index in [-0.39, 0.29) is 24.1 Å². The van der Waals surface area contributed by atoms with Crippen molar-refractivity contribution in [3.05, 3.63) is 42.6 Å². The van der Waals surface area contributed by atoms with Gasteiger partial charge in [-0.05, 0) is 42.8 Å². The van der Waals surface area contributed by atoms with Gasteiger partial charge < -0.3 is 15.0 Å². The molecule has 2 heterocycles. The lowest BCUT2D eigenvalue weighted by Gasteiger charge is -2.35. The first-order valence-corrected chi connectivity index (χ1v) is 8.84. The van der Waals surface area contributed by atoms with Gasteiger partial charge in [0.2, 0.25) is 5.91 Å². The molecule has 1 aliphatic rings. The highest BCUT2D eigenvalue weighted by molar-refractivity contribution is 6.10. The number of anilines is 3. The van der Waals surface area contributed by atoms with Gasteiger partial charge in [0.15, 0.2) is 5.82 Å². The molecule has 0 fully saturated rings. The number of carbonyl (C=O) groups excluding carboxylic acids is 2. The lowest BCUT2D eigenvalue weighted by Crippen LogP contribution is -2.51. The van der Waals surface area contributed by atoms with Crippen LogP contribution in [0, 0.1) is 0 Å². The molecule has 0 radical (unpaired) electrons. The maximum Gasteiger partial charge on any atom is 0.573 e. The highest BCUT2D eigenvalue weighted by Gasteiger charge is 2.34. The SMILES string of the molecule is CCC(C(=O)N1CC(=O)Nc2cccnc21)N(C)c1ccc(OC(F)(F)F)cc1. The minimum Gasteiger partial charge on any atom is -0.406 e. The predicted octanol–water partition coefficient (Wildman–Crippen LogP) is 3.18. The van der Waals surface area contributed by atoms with Crippen molar-refractivity contribution in [1.29, 1.82) is 0 Å². The summed E-state index contributed by atoms with van der Waals surface area (Å²) in [6, 6.07) is 7.90. The number of ether oxygens (including phenoxy) is 1. The van der Waals surface area contributed by atoms with Gasteiger partial charge in [-0.1, -0.05) is 6.92 Å². The molecule has 1 aromatic heterocycles. The van der Waals surface area contributed by atoms with E-state index in [0.717, 1.165) is 0 Å². The summed E-state index contributed by atoms with van der Waals surface area (Å²) in [6.07, 6.45) is -2.83. The number of halogens is 3. The molecule has 0 saturated carbocycles. The Morgan fingerprint density at radius 1 is 1.31 bits per heavy atom. The van der Waals surface area contributed by atoms with Gasteiger partial charge >= 0.3 is 6.36 Å². The van der Waals surface area contributed by atoms with Crippen LogP contribution in [0.5, 0.6) is 5.75 Å². The number of pyridine rings is 1. The van der Waals surface area contributed by atoms with E-state index in [4.69, 9.17) is 0 Å². The average molecular weight is 408 g/mol. The molecular weight excluding hydrogens is 389 g/mol. The molecule has 10 heteroatoms. The highest BCUT2D eigenvalue weighted by Crippen LogP contribution is 2.30. The number of fused-ring (bicyclic) bond motifs is 1. The van der Waals surface area contributed by atoms with E-state index in [9.17, 15) is 22.8 Å². The Morgan fingerprint density at radius 2 is 2.00 bits per heavy atom. The molecule has 29 heavy (non-hydrogen) atoms. The maximum atomic E-state index is 13.2. The minimum absolute atomic E-state index is 0.161. The van der Waals surface area contributed by atoms with Gasteiger partial charge in [0.05, 0.1) is 5.69 Å². The van der Waals surface area contributed by atoms with E-state index in [1.807, 2.05) is 6.92 Å². The molecule has 2 amide bonds. The summed E-state index contributed by atoms with van der Waals surface area (Å²) in [7, 11) is 1.66. The van der Waals surface area contributed by atoms with E-state index < -0.39 is 12.4 Å². The zero-order chi connectivity index (χ0) is 21.2. The van der Waals surface area contributed by atoms with Gasteiger partial charge in [-0.15, -0.1) is 13.2 Å². The summed E-state index contributed by atoms with van der Waals surface area (Å²) in [5.74, 6) is -0.650. The van der Waals surface area contributed by atoms with Crippen molar-refractivity contribution in [3.63, 3.8) is 0 Å². The molecule has 154 valence electrons. The van der Waals surface area contributed by atoms with Gasteiger partial charge in [0.1, 0.15) is 18.3 Å². The van der Waals surface area contributed by atoms with Crippen LogP contribution in [-0.4, -0.2) is 42.8 Å². The Bertz CT molecular complexity index is 902. The smallest absolute Gasteiger partial charge is 0.406 e. The summed E-state index contributed by atoms with van der Waals surface area (Å²) in [5.41, 5.74) is 0.977. The third-order valence-electron chi connectivity index (χ3n) is 4.50. The van der Waals surface area contributed by atoms with Crippen LogP contribution in [0.15, 0.2) is 42.6 Å². The van der Waals surface area contributed by atoms with Crippen molar-refractivity contribution in [2.24, 2.45) is 0 Å². The van der Waals surface area contributed by atoms with E-state index >= 15 is 0 Å². The van der Waals surface area contributed by atoms with E-state index in [0.29, 0.717) is 23.6 Å². The Balaban J connectivity index is 1.82.